The van der Waals surface area contributed by atoms with Crippen molar-refractivity contribution in [3.8, 4) is 0 Å². The second-order valence-electron chi connectivity index (χ2n) is 4.91. The van der Waals surface area contributed by atoms with E-state index in [-0.39, 0.29) is 23.6 Å². The maximum atomic E-state index is 11.8. The minimum absolute atomic E-state index is 0.0522. The highest BCUT2D eigenvalue weighted by atomic mass is 16.3. The third kappa shape index (κ3) is 4.73. The van der Waals surface area contributed by atoms with Crippen LogP contribution in [0.2, 0.25) is 0 Å². The Bertz CT molecular complexity index is 596. The lowest BCUT2D eigenvalue weighted by Crippen LogP contribution is -2.29. The lowest BCUT2D eigenvalue weighted by Gasteiger charge is -2.13. The van der Waals surface area contributed by atoms with Crippen molar-refractivity contribution >= 4 is 11.8 Å². The predicted octanol–water partition coefficient (Wildman–Crippen LogP) is 2.06. The van der Waals surface area contributed by atoms with Gasteiger partial charge >= 0.3 is 0 Å². The molecule has 0 aliphatic rings. The van der Waals surface area contributed by atoms with Crippen molar-refractivity contribution < 1.29 is 14.0 Å². The SMILES string of the molecule is CC(NC(=O)CCCNC(=O)c1ccco1)c1cccnc1. The number of amides is 2. The van der Waals surface area contributed by atoms with Crippen LogP contribution in [-0.4, -0.2) is 23.3 Å². The fourth-order valence-corrected chi connectivity index (χ4v) is 1.97. The van der Waals surface area contributed by atoms with Crippen molar-refractivity contribution in [3.63, 3.8) is 0 Å². The van der Waals surface area contributed by atoms with E-state index in [0.717, 1.165) is 5.56 Å². The zero-order valence-corrected chi connectivity index (χ0v) is 12.4. The van der Waals surface area contributed by atoms with Gasteiger partial charge in [-0.25, -0.2) is 0 Å². The summed E-state index contributed by atoms with van der Waals surface area (Å²) in [6, 6.07) is 6.92. The first-order valence-electron chi connectivity index (χ1n) is 7.18. The Morgan fingerprint density at radius 2 is 2.18 bits per heavy atom. The second-order valence-corrected chi connectivity index (χ2v) is 4.91. The summed E-state index contributed by atoms with van der Waals surface area (Å²) in [5.74, 6) is -0.0487. The molecule has 1 unspecified atom stereocenters. The van der Waals surface area contributed by atoms with Gasteiger partial charge in [0.2, 0.25) is 5.91 Å². The number of aromatic nitrogens is 1. The first kappa shape index (κ1) is 15.8. The van der Waals surface area contributed by atoms with Crippen molar-refractivity contribution in [2.45, 2.75) is 25.8 Å². The number of hydrogen-bond donors (Lipinski definition) is 2. The van der Waals surface area contributed by atoms with Gasteiger partial charge in [-0.05, 0) is 37.1 Å². The van der Waals surface area contributed by atoms with Gasteiger partial charge in [0.1, 0.15) is 0 Å². The maximum Gasteiger partial charge on any atom is 0.286 e. The van der Waals surface area contributed by atoms with E-state index in [4.69, 9.17) is 4.42 Å². The second kappa shape index (κ2) is 7.97. The number of hydrogen-bond acceptors (Lipinski definition) is 4. The first-order valence-corrected chi connectivity index (χ1v) is 7.18. The van der Waals surface area contributed by atoms with Crippen molar-refractivity contribution in [3.05, 3.63) is 54.2 Å². The molecule has 116 valence electrons. The summed E-state index contributed by atoms with van der Waals surface area (Å²) < 4.78 is 4.98. The molecule has 2 N–H and O–H groups in total. The van der Waals surface area contributed by atoms with Crippen molar-refractivity contribution in [1.29, 1.82) is 0 Å². The largest absolute Gasteiger partial charge is 0.459 e. The number of pyridine rings is 1. The molecule has 1 atom stereocenters. The van der Waals surface area contributed by atoms with E-state index in [9.17, 15) is 9.59 Å². The van der Waals surface area contributed by atoms with Crippen LogP contribution in [0.25, 0.3) is 0 Å². The van der Waals surface area contributed by atoms with E-state index < -0.39 is 0 Å². The lowest BCUT2D eigenvalue weighted by atomic mass is 10.1. The Kier molecular flexibility index (Phi) is 5.71. The molecule has 2 aromatic heterocycles. The van der Waals surface area contributed by atoms with E-state index in [0.29, 0.717) is 19.4 Å². The summed E-state index contributed by atoms with van der Waals surface area (Å²) in [6.07, 6.45) is 5.79. The van der Waals surface area contributed by atoms with Gasteiger partial charge in [0.25, 0.3) is 5.91 Å². The van der Waals surface area contributed by atoms with Gasteiger partial charge in [-0.2, -0.15) is 0 Å². The van der Waals surface area contributed by atoms with Crippen LogP contribution < -0.4 is 10.6 Å². The Balaban J connectivity index is 1.65. The average molecular weight is 301 g/mol. The molecule has 0 saturated carbocycles. The highest BCUT2D eigenvalue weighted by Gasteiger charge is 2.10. The molecule has 2 amide bonds. The Morgan fingerprint density at radius 1 is 1.32 bits per heavy atom. The number of nitrogens with zero attached hydrogens (tertiary/aromatic N) is 1. The summed E-state index contributed by atoms with van der Waals surface area (Å²) in [7, 11) is 0. The number of carbonyl (C=O) groups is 2. The van der Waals surface area contributed by atoms with Crippen LogP contribution in [0.3, 0.4) is 0 Å². The summed E-state index contributed by atoms with van der Waals surface area (Å²) in [6.45, 7) is 2.34. The fourth-order valence-electron chi connectivity index (χ4n) is 1.97. The Hall–Kier alpha value is -2.63. The third-order valence-electron chi connectivity index (χ3n) is 3.17. The minimum atomic E-state index is -0.269. The number of nitrogens with one attached hydrogen (secondary N) is 2. The van der Waals surface area contributed by atoms with E-state index in [1.807, 2.05) is 19.1 Å². The quantitative estimate of drug-likeness (QED) is 0.767. The van der Waals surface area contributed by atoms with Crippen LogP contribution in [0.5, 0.6) is 0 Å². The molecule has 0 bridgehead atoms. The zero-order chi connectivity index (χ0) is 15.8. The van der Waals surface area contributed by atoms with Crippen LogP contribution >= 0.6 is 0 Å². The van der Waals surface area contributed by atoms with Crippen LogP contribution in [0, 0.1) is 0 Å². The average Bonchev–Trinajstić information content (AvgIpc) is 3.06. The monoisotopic (exact) mass is 301 g/mol. The fraction of sp³-hybridized carbons (Fsp3) is 0.312. The van der Waals surface area contributed by atoms with Gasteiger partial charge in [0.05, 0.1) is 12.3 Å². The highest BCUT2D eigenvalue weighted by Crippen LogP contribution is 2.10. The molecular formula is C16H19N3O3. The molecule has 0 aliphatic heterocycles. The number of carbonyl (C=O) groups excluding carboxylic acids is 2. The van der Waals surface area contributed by atoms with E-state index in [1.54, 1.807) is 24.5 Å². The normalized spacial score (nSPS) is 11.7. The van der Waals surface area contributed by atoms with Crippen LogP contribution in [-0.2, 0) is 4.79 Å². The molecule has 0 spiro atoms. The van der Waals surface area contributed by atoms with Gasteiger partial charge in [0, 0.05) is 25.4 Å². The number of furan rings is 1. The molecule has 0 aliphatic carbocycles. The molecule has 0 radical (unpaired) electrons. The molecule has 0 saturated heterocycles. The van der Waals surface area contributed by atoms with Crippen LogP contribution in [0.1, 0.15) is 41.9 Å². The molecular weight excluding hydrogens is 282 g/mol. The smallest absolute Gasteiger partial charge is 0.286 e. The molecule has 6 heteroatoms. The van der Waals surface area contributed by atoms with Gasteiger partial charge in [-0.3, -0.25) is 14.6 Å². The Labute approximate surface area is 128 Å². The topological polar surface area (TPSA) is 84.2 Å². The molecule has 0 fully saturated rings. The van der Waals surface area contributed by atoms with Gasteiger partial charge in [-0.1, -0.05) is 6.07 Å². The van der Waals surface area contributed by atoms with Crippen LogP contribution in [0.4, 0.5) is 0 Å². The molecule has 22 heavy (non-hydrogen) atoms. The minimum Gasteiger partial charge on any atom is -0.459 e. The van der Waals surface area contributed by atoms with E-state index in [2.05, 4.69) is 15.6 Å². The van der Waals surface area contributed by atoms with Crippen LogP contribution in [0.15, 0.2) is 47.3 Å². The van der Waals surface area contributed by atoms with Crippen molar-refractivity contribution in [2.24, 2.45) is 0 Å². The summed E-state index contributed by atoms with van der Waals surface area (Å²) >= 11 is 0. The zero-order valence-electron chi connectivity index (χ0n) is 12.4. The highest BCUT2D eigenvalue weighted by molar-refractivity contribution is 5.91. The molecule has 0 aromatic carbocycles. The molecule has 2 rings (SSSR count). The van der Waals surface area contributed by atoms with Crippen molar-refractivity contribution in [2.75, 3.05) is 6.54 Å². The van der Waals surface area contributed by atoms with Gasteiger partial charge in [0.15, 0.2) is 5.76 Å². The Morgan fingerprint density at radius 3 is 2.86 bits per heavy atom. The lowest BCUT2D eigenvalue weighted by molar-refractivity contribution is -0.121. The third-order valence-corrected chi connectivity index (χ3v) is 3.17. The molecule has 6 nitrogen and oxygen atoms in total. The predicted molar refractivity (Wildman–Crippen MR) is 81.1 cm³/mol. The summed E-state index contributed by atoms with van der Waals surface area (Å²) in [5.41, 5.74) is 0.960. The molecule has 2 aromatic rings. The summed E-state index contributed by atoms with van der Waals surface area (Å²) in [5, 5.41) is 5.60. The van der Waals surface area contributed by atoms with E-state index >= 15 is 0 Å². The van der Waals surface area contributed by atoms with E-state index in [1.165, 1.54) is 6.26 Å². The maximum absolute atomic E-state index is 11.8. The first-order chi connectivity index (χ1) is 10.7. The summed E-state index contributed by atoms with van der Waals surface area (Å²) in [4.78, 5) is 27.5. The van der Waals surface area contributed by atoms with Gasteiger partial charge < -0.3 is 15.1 Å². The molecule has 2 heterocycles. The van der Waals surface area contributed by atoms with Gasteiger partial charge in [-0.15, -0.1) is 0 Å². The standard InChI is InChI=1S/C16H19N3O3/c1-12(13-5-2-8-17-11-13)19-15(20)7-3-9-18-16(21)14-6-4-10-22-14/h2,4-6,8,10-12H,3,7,9H2,1H3,(H,18,21)(H,19,20). The number of rotatable bonds is 7. The van der Waals surface area contributed by atoms with Crippen molar-refractivity contribution in [1.82, 2.24) is 15.6 Å².